The molecule has 0 saturated carbocycles. The molecule has 0 aliphatic heterocycles. The number of carbonyl (C=O) groups excluding carboxylic acids is 1. The summed E-state index contributed by atoms with van der Waals surface area (Å²) in [4.78, 5) is 14.5. The van der Waals surface area contributed by atoms with Gasteiger partial charge >= 0.3 is 0 Å². The SMILES string of the molecule is CC(=O)/C=C(/C)O.[Ir].[c-]1cc2c3c(cccc3c1-c1ccccn1)-c1ccccc1-2. The predicted octanol–water partition coefficient (Wildman–Crippen LogP) is 6.38. The Morgan fingerprint density at radius 3 is 2.17 bits per heavy atom. The van der Waals surface area contributed by atoms with Crippen LogP contribution in [0.2, 0.25) is 0 Å². The molecule has 1 aliphatic rings. The number of aliphatic hydroxyl groups is 1. The van der Waals surface area contributed by atoms with Crippen molar-refractivity contribution < 1.29 is 30.0 Å². The zero-order valence-corrected chi connectivity index (χ0v) is 19.0. The van der Waals surface area contributed by atoms with Crippen LogP contribution in [0.1, 0.15) is 13.8 Å². The van der Waals surface area contributed by atoms with E-state index < -0.39 is 0 Å². The summed E-state index contributed by atoms with van der Waals surface area (Å²) in [6.45, 7) is 2.85. The summed E-state index contributed by atoms with van der Waals surface area (Å²) in [6, 6.07) is 26.7. The Labute approximate surface area is 189 Å². The molecule has 0 bridgehead atoms. The van der Waals surface area contributed by atoms with E-state index in [1.807, 2.05) is 24.4 Å². The van der Waals surface area contributed by atoms with E-state index >= 15 is 0 Å². The van der Waals surface area contributed by atoms with Gasteiger partial charge in [0, 0.05) is 32.4 Å². The second-order valence-corrected chi connectivity index (χ2v) is 6.96. The quantitative estimate of drug-likeness (QED) is 0.152. The number of hydrogen-bond donors (Lipinski definition) is 1. The van der Waals surface area contributed by atoms with E-state index in [1.54, 1.807) is 0 Å². The summed E-state index contributed by atoms with van der Waals surface area (Å²) < 4.78 is 0. The number of aromatic nitrogens is 1. The summed E-state index contributed by atoms with van der Waals surface area (Å²) in [5.74, 6) is -0.0625. The first-order chi connectivity index (χ1) is 14.1. The molecule has 3 aromatic carbocycles. The molecule has 4 aromatic rings. The van der Waals surface area contributed by atoms with Gasteiger partial charge in [-0.25, -0.2) is 0 Å². The number of ketones is 1. The average Bonchev–Trinajstić information content (AvgIpc) is 3.04. The first-order valence-electron chi connectivity index (χ1n) is 9.42. The van der Waals surface area contributed by atoms with E-state index in [9.17, 15) is 4.79 Å². The van der Waals surface area contributed by atoms with Gasteiger partial charge in [-0.2, -0.15) is 0 Å². The Bertz CT molecular complexity index is 1210. The summed E-state index contributed by atoms with van der Waals surface area (Å²) in [5.41, 5.74) is 7.26. The molecule has 0 atom stereocenters. The van der Waals surface area contributed by atoms with Gasteiger partial charge < -0.3 is 10.1 Å². The van der Waals surface area contributed by atoms with Crippen molar-refractivity contribution in [1.82, 2.24) is 4.98 Å². The van der Waals surface area contributed by atoms with Crippen molar-refractivity contribution in [2.24, 2.45) is 0 Å². The van der Waals surface area contributed by atoms with E-state index in [2.05, 4.69) is 59.6 Å². The van der Waals surface area contributed by atoms with Crippen molar-refractivity contribution in [2.75, 3.05) is 0 Å². The van der Waals surface area contributed by atoms with Crippen LogP contribution in [-0.2, 0) is 24.9 Å². The average molecular weight is 571 g/mol. The van der Waals surface area contributed by atoms with Gasteiger partial charge in [0.2, 0.25) is 0 Å². The van der Waals surface area contributed by atoms with Gasteiger partial charge in [0.1, 0.15) is 0 Å². The minimum absolute atomic E-state index is 0. The van der Waals surface area contributed by atoms with Crippen LogP contribution in [0.3, 0.4) is 0 Å². The van der Waals surface area contributed by atoms with Crippen molar-refractivity contribution in [2.45, 2.75) is 13.8 Å². The van der Waals surface area contributed by atoms with E-state index in [0.717, 1.165) is 11.3 Å². The molecule has 5 rings (SSSR count). The van der Waals surface area contributed by atoms with E-state index in [1.165, 1.54) is 52.9 Å². The van der Waals surface area contributed by atoms with Gasteiger partial charge in [-0.3, -0.25) is 4.79 Å². The number of nitrogens with zero attached hydrogens (tertiary/aromatic N) is 1. The fourth-order valence-corrected chi connectivity index (χ4v) is 3.75. The van der Waals surface area contributed by atoms with Crippen LogP contribution < -0.4 is 0 Å². The first kappa shape index (κ1) is 21.6. The molecule has 0 fully saturated rings. The monoisotopic (exact) mass is 571 g/mol. The summed E-state index contributed by atoms with van der Waals surface area (Å²) in [6.07, 6.45) is 3.00. The summed E-state index contributed by atoms with van der Waals surface area (Å²) >= 11 is 0. The van der Waals surface area contributed by atoms with E-state index in [-0.39, 0.29) is 31.6 Å². The number of fused-ring (bicyclic) bond motifs is 3. The largest absolute Gasteiger partial charge is 0.512 e. The van der Waals surface area contributed by atoms with Crippen molar-refractivity contribution >= 4 is 16.6 Å². The zero-order chi connectivity index (χ0) is 20.4. The summed E-state index contributed by atoms with van der Waals surface area (Å²) in [7, 11) is 0. The molecule has 0 spiro atoms. The number of allylic oxidation sites excluding steroid dienone is 2. The standard InChI is InChI=1S/C21H12N.C5H8O2.Ir/c1-2-7-15-14(6-1)17-8-5-9-18-16(11-12-19(15)21(17)18)20-10-3-4-13-22-20;1-4(6)3-5(2)7;/h1-10,12-13H;3,6H,1-2H3;/q-1;;/b;4-3-;. The molecule has 30 heavy (non-hydrogen) atoms. The van der Waals surface area contributed by atoms with Gasteiger partial charge in [-0.15, -0.1) is 17.7 Å². The van der Waals surface area contributed by atoms with Crippen molar-refractivity contribution in [3.63, 3.8) is 0 Å². The van der Waals surface area contributed by atoms with Crippen LogP contribution in [-0.4, -0.2) is 15.9 Å². The molecule has 3 nitrogen and oxygen atoms in total. The smallest absolute Gasteiger partial charge is 0.155 e. The Morgan fingerprint density at radius 2 is 1.57 bits per heavy atom. The van der Waals surface area contributed by atoms with Gasteiger partial charge in [0.05, 0.1) is 5.76 Å². The second-order valence-electron chi connectivity index (χ2n) is 6.96. The summed E-state index contributed by atoms with van der Waals surface area (Å²) in [5, 5.41) is 10.9. The normalized spacial score (nSPS) is 11.2. The molecule has 0 amide bonds. The van der Waals surface area contributed by atoms with Crippen LogP contribution in [0, 0.1) is 6.07 Å². The number of hydrogen-bond acceptors (Lipinski definition) is 3. The Morgan fingerprint density at radius 1 is 0.900 bits per heavy atom. The van der Waals surface area contributed by atoms with Crippen molar-refractivity contribution in [3.8, 4) is 33.5 Å². The molecule has 1 heterocycles. The zero-order valence-electron chi connectivity index (χ0n) is 16.6. The van der Waals surface area contributed by atoms with Gasteiger partial charge in [0.25, 0.3) is 0 Å². The molecule has 1 aliphatic carbocycles. The molecular formula is C26H20IrNO2-. The molecule has 151 valence electrons. The van der Waals surface area contributed by atoms with Crippen LogP contribution in [0.15, 0.2) is 84.8 Å². The van der Waals surface area contributed by atoms with Gasteiger partial charge in [-0.1, -0.05) is 76.5 Å². The fourth-order valence-electron chi connectivity index (χ4n) is 3.75. The number of benzene rings is 3. The third-order valence-electron chi connectivity index (χ3n) is 4.80. The third kappa shape index (κ3) is 4.11. The van der Waals surface area contributed by atoms with Crippen LogP contribution in [0.5, 0.6) is 0 Å². The molecule has 0 unspecified atom stereocenters. The van der Waals surface area contributed by atoms with Crippen molar-refractivity contribution in [3.05, 3.63) is 90.8 Å². The van der Waals surface area contributed by atoms with Crippen LogP contribution in [0.4, 0.5) is 0 Å². The molecule has 1 aromatic heterocycles. The Hall–Kier alpha value is -3.07. The Kier molecular flexibility index (Phi) is 6.61. The van der Waals surface area contributed by atoms with Crippen LogP contribution >= 0.6 is 0 Å². The second kappa shape index (κ2) is 9.17. The Balaban J connectivity index is 0.000000281. The van der Waals surface area contributed by atoms with Crippen LogP contribution in [0.25, 0.3) is 44.3 Å². The maximum Gasteiger partial charge on any atom is 0.155 e. The number of aliphatic hydroxyl groups excluding tert-OH is 1. The molecule has 0 saturated heterocycles. The van der Waals surface area contributed by atoms with Gasteiger partial charge in [0.15, 0.2) is 5.78 Å². The van der Waals surface area contributed by atoms with E-state index in [0.29, 0.717) is 0 Å². The minimum Gasteiger partial charge on any atom is -0.512 e. The number of carbonyl (C=O) groups is 1. The number of pyridine rings is 1. The van der Waals surface area contributed by atoms with Crippen molar-refractivity contribution in [1.29, 1.82) is 0 Å². The fraction of sp³-hybridized carbons (Fsp3) is 0.0769. The van der Waals surface area contributed by atoms with Gasteiger partial charge in [-0.05, 0) is 36.7 Å². The maximum absolute atomic E-state index is 10.0. The topological polar surface area (TPSA) is 50.2 Å². The minimum atomic E-state index is -0.125. The number of rotatable bonds is 2. The molecule has 4 heteroatoms. The van der Waals surface area contributed by atoms with E-state index in [4.69, 9.17) is 5.11 Å². The molecular weight excluding hydrogens is 551 g/mol. The molecule has 1 N–H and O–H groups in total. The third-order valence-corrected chi connectivity index (χ3v) is 4.80. The first-order valence-corrected chi connectivity index (χ1v) is 9.42. The molecule has 1 radical (unpaired) electrons. The predicted molar refractivity (Wildman–Crippen MR) is 118 cm³/mol. The maximum atomic E-state index is 10.0.